The van der Waals surface area contributed by atoms with Crippen LogP contribution in [-0.4, -0.2) is 18.8 Å². The molecule has 0 amide bonds. The summed E-state index contributed by atoms with van der Waals surface area (Å²) in [5, 5.41) is 0. The molecule has 1 aromatic rings. The average molecular weight is 228 g/mol. The molecule has 0 N–H and O–H groups in total. The molecule has 88 valence electrons. The fraction of sp³-hybridized carbons (Fsp3) is 0.500. The van der Waals surface area contributed by atoms with Gasteiger partial charge in [0.15, 0.2) is 0 Å². The summed E-state index contributed by atoms with van der Waals surface area (Å²) < 4.78 is 33.5. The molecular weight excluding hydrogens is 214 g/mol. The minimum absolute atomic E-state index is 0.0592. The largest absolute Gasteiger partial charge is 0.373 e. The summed E-state index contributed by atoms with van der Waals surface area (Å²) in [7, 11) is 0. The number of hydrogen-bond donors (Lipinski definition) is 0. The molecule has 4 heteroatoms. The van der Waals surface area contributed by atoms with Gasteiger partial charge in [-0.1, -0.05) is 30.3 Å². The molecule has 0 unspecified atom stereocenters. The zero-order chi connectivity index (χ0) is 11.4. The Bertz CT molecular complexity index is 310. The molecule has 16 heavy (non-hydrogen) atoms. The highest BCUT2D eigenvalue weighted by atomic mass is 19.3. The van der Waals surface area contributed by atoms with Gasteiger partial charge in [0.25, 0.3) is 0 Å². The molecule has 0 radical (unpaired) electrons. The first-order chi connectivity index (χ1) is 7.74. The van der Waals surface area contributed by atoms with Crippen LogP contribution in [0.4, 0.5) is 8.78 Å². The molecule has 0 atom stereocenters. The molecule has 1 aromatic carbocycles. The van der Waals surface area contributed by atoms with Gasteiger partial charge in [-0.25, -0.2) is 0 Å². The van der Waals surface area contributed by atoms with Gasteiger partial charge in [0.1, 0.15) is 0 Å². The van der Waals surface area contributed by atoms with Gasteiger partial charge in [0.05, 0.1) is 18.8 Å². The Morgan fingerprint density at radius 1 is 1.12 bits per heavy atom. The van der Waals surface area contributed by atoms with Crippen LogP contribution in [0.3, 0.4) is 0 Å². The van der Waals surface area contributed by atoms with Crippen molar-refractivity contribution in [2.45, 2.75) is 38.3 Å². The van der Waals surface area contributed by atoms with Crippen LogP contribution in [0, 0.1) is 0 Å². The topological polar surface area (TPSA) is 18.5 Å². The van der Waals surface area contributed by atoms with E-state index in [0.717, 1.165) is 5.56 Å². The van der Waals surface area contributed by atoms with Crippen molar-refractivity contribution in [2.24, 2.45) is 0 Å². The van der Waals surface area contributed by atoms with E-state index in [-0.39, 0.29) is 12.2 Å². The molecule has 0 spiro atoms. The second-order valence-electron chi connectivity index (χ2n) is 3.91. The third kappa shape index (κ3) is 3.25. The standard InChI is InChI=1S/C12H14F2O2/c13-12(14)16-11-6-10(7-11)15-8-9-4-2-1-3-5-9/h1-5,10-12H,6-8H2. The highest BCUT2D eigenvalue weighted by molar-refractivity contribution is 5.13. The third-order valence-electron chi connectivity index (χ3n) is 2.68. The summed E-state index contributed by atoms with van der Waals surface area (Å²) >= 11 is 0. The zero-order valence-electron chi connectivity index (χ0n) is 8.81. The number of hydrogen-bond acceptors (Lipinski definition) is 2. The summed E-state index contributed by atoms with van der Waals surface area (Å²) in [5.41, 5.74) is 1.10. The lowest BCUT2D eigenvalue weighted by Gasteiger charge is -2.34. The van der Waals surface area contributed by atoms with Gasteiger partial charge in [-0.05, 0) is 5.56 Å². The first-order valence-corrected chi connectivity index (χ1v) is 5.33. The van der Waals surface area contributed by atoms with Crippen molar-refractivity contribution >= 4 is 0 Å². The van der Waals surface area contributed by atoms with Crippen molar-refractivity contribution in [2.75, 3.05) is 0 Å². The van der Waals surface area contributed by atoms with Crippen molar-refractivity contribution in [3.05, 3.63) is 35.9 Å². The number of ether oxygens (including phenoxy) is 2. The van der Waals surface area contributed by atoms with Crippen LogP contribution in [-0.2, 0) is 16.1 Å². The second kappa shape index (κ2) is 5.37. The molecule has 0 aliphatic heterocycles. The van der Waals surface area contributed by atoms with E-state index < -0.39 is 6.61 Å². The van der Waals surface area contributed by atoms with E-state index in [1.165, 1.54) is 0 Å². The summed E-state index contributed by atoms with van der Waals surface area (Å²) in [6.45, 7) is -2.13. The van der Waals surface area contributed by atoms with Crippen LogP contribution in [0.5, 0.6) is 0 Å². The predicted molar refractivity (Wildman–Crippen MR) is 55.1 cm³/mol. The van der Waals surface area contributed by atoms with E-state index in [2.05, 4.69) is 4.74 Å². The van der Waals surface area contributed by atoms with Crippen LogP contribution in [0.15, 0.2) is 30.3 Å². The Hall–Kier alpha value is -1.00. The van der Waals surface area contributed by atoms with Crippen molar-refractivity contribution < 1.29 is 18.3 Å². The van der Waals surface area contributed by atoms with Crippen LogP contribution < -0.4 is 0 Å². The molecule has 1 aliphatic carbocycles. The van der Waals surface area contributed by atoms with Crippen LogP contribution >= 0.6 is 0 Å². The van der Waals surface area contributed by atoms with Crippen LogP contribution in [0.25, 0.3) is 0 Å². The molecule has 2 nitrogen and oxygen atoms in total. The lowest BCUT2D eigenvalue weighted by atomic mass is 9.92. The lowest BCUT2D eigenvalue weighted by Crippen LogP contribution is -2.38. The highest BCUT2D eigenvalue weighted by Gasteiger charge is 2.32. The van der Waals surface area contributed by atoms with E-state index in [1.54, 1.807) is 0 Å². The van der Waals surface area contributed by atoms with Crippen molar-refractivity contribution in [3.63, 3.8) is 0 Å². The first kappa shape index (κ1) is 11.5. The van der Waals surface area contributed by atoms with Gasteiger partial charge >= 0.3 is 6.61 Å². The van der Waals surface area contributed by atoms with Gasteiger partial charge in [-0.15, -0.1) is 0 Å². The van der Waals surface area contributed by atoms with Crippen molar-refractivity contribution in [1.29, 1.82) is 0 Å². The average Bonchev–Trinajstić information content (AvgIpc) is 2.22. The minimum Gasteiger partial charge on any atom is -0.373 e. The molecular formula is C12H14F2O2. The Balaban J connectivity index is 1.63. The van der Waals surface area contributed by atoms with E-state index in [9.17, 15) is 8.78 Å². The predicted octanol–water partition coefficient (Wildman–Crippen LogP) is 2.97. The number of rotatable bonds is 5. The van der Waals surface area contributed by atoms with E-state index in [1.807, 2.05) is 30.3 Å². The Labute approximate surface area is 93.2 Å². The SMILES string of the molecule is FC(F)OC1CC(OCc2ccccc2)C1. The smallest absolute Gasteiger partial charge is 0.345 e. The Morgan fingerprint density at radius 3 is 2.44 bits per heavy atom. The van der Waals surface area contributed by atoms with E-state index in [0.29, 0.717) is 19.4 Å². The molecule has 1 fully saturated rings. The molecule has 2 rings (SSSR count). The van der Waals surface area contributed by atoms with Crippen LogP contribution in [0.2, 0.25) is 0 Å². The minimum atomic E-state index is -2.67. The maximum absolute atomic E-state index is 11.8. The quantitative estimate of drug-likeness (QED) is 0.771. The van der Waals surface area contributed by atoms with Gasteiger partial charge in [-0.3, -0.25) is 0 Å². The number of halogens is 2. The Kier molecular flexibility index (Phi) is 3.85. The van der Waals surface area contributed by atoms with Crippen molar-refractivity contribution in [3.8, 4) is 0 Å². The summed E-state index contributed by atoms with van der Waals surface area (Å²) in [6.07, 6.45) is 0.860. The zero-order valence-corrected chi connectivity index (χ0v) is 8.81. The third-order valence-corrected chi connectivity index (χ3v) is 2.68. The fourth-order valence-electron chi connectivity index (χ4n) is 1.70. The summed E-state index contributed by atoms with van der Waals surface area (Å²) in [4.78, 5) is 0. The van der Waals surface area contributed by atoms with Gasteiger partial charge in [-0.2, -0.15) is 8.78 Å². The molecule has 1 aliphatic rings. The second-order valence-corrected chi connectivity index (χ2v) is 3.91. The molecule has 0 aromatic heterocycles. The summed E-state index contributed by atoms with van der Waals surface area (Å²) in [5.74, 6) is 0. The van der Waals surface area contributed by atoms with Gasteiger partial charge in [0, 0.05) is 12.8 Å². The highest BCUT2D eigenvalue weighted by Crippen LogP contribution is 2.28. The van der Waals surface area contributed by atoms with E-state index in [4.69, 9.17) is 4.74 Å². The van der Waals surface area contributed by atoms with Gasteiger partial charge < -0.3 is 9.47 Å². The number of alkyl halides is 2. The van der Waals surface area contributed by atoms with Crippen molar-refractivity contribution in [1.82, 2.24) is 0 Å². The normalized spacial score (nSPS) is 24.4. The maximum atomic E-state index is 11.8. The molecule has 0 saturated heterocycles. The number of benzene rings is 1. The molecule has 0 bridgehead atoms. The fourth-order valence-corrected chi connectivity index (χ4v) is 1.70. The van der Waals surface area contributed by atoms with E-state index >= 15 is 0 Å². The Morgan fingerprint density at radius 2 is 1.81 bits per heavy atom. The lowest BCUT2D eigenvalue weighted by molar-refractivity contribution is -0.208. The molecule has 0 heterocycles. The first-order valence-electron chi connectivity index (χ1n) is 5.33. The molecule has 1 saturated carbocycles. The monoisotopic (exact) mass is 228 g/mol. The van der Waals surface area contributed by atoms with Crippen LogP contribution in [0.1, 0.15) is 18.4 Å². The maximum Gasteiger partial charge on any atom is 0.345 e. The summed E-state index contributed by atoms with van der Waals surface area (Å²) in [6, 6.07) is 9.79. The van der Waals surface area contributed by atoms with Gasteiger partial charge in [0.2, 0.25) is 0 Å².